The number of aliphatic hydroxyl groups excluding tert-OH is 1. The third kappa shape index (κ3) is 5.70. The van der Waals surface area contributed by atoms with Gasteiger partial charge < -0.3 is 14.7 Å². The van der Waals surface area contributed by atoms with Crippen molar-refractivity contribution in [3.05, 3.63) is 12.7 Å². The molecule has 1 N–H and O–H groups in total. The first-order valence-corrected chi connectivity index (χ1v) is 7.96. The minimum Gasteiger partial charge on any atom is -0.444 e. The van der Waals surface area contributed by atoms with Crippen molar-refractivity contribution in [1.82, 2.24) is 4.90 Å². The van der Waals surface area contributed by atoms with Gasteiger partial charge in [0.1, 0.15) is 5.60 Å². The third-order valence-corrected chi connectivity index (χ3v) is 4.28. The molecule has 1 amide bonds. The molecule has 4 nitrogen and oxygen atoms in total. The summed E-state index contributed by atoms with van der Waals surface area (Å²) in [7, 11) is 1.82. The molecule has 0 aliphatic heterocycles. The molecule has 1 rings (SSSR count). The van der Waals surface area contributed by atoms with E-state index >= 15 is 0 Å². The minimum absolute atomic E-state index is 0.136. The predicted octanol–water partition coefficient (Wildman–Crippen LogP) is 3.60. The Morgan fingerprint density at radius 1 is 1.38 bits per heavy atom. The van der Waals surface area contributed by atoms with E-state index in [-0.39, 0.29) is 18.7 Å². The van der Waals surface area contributed by atoms with Gasteiger partial charge >= 0.3 is 6.09 Å². The Balaban J connectivity index is 2.67. The number of rotatable bonds is 5. The summed E-state index contributed by atoms with van der Waals surface area (Å²) in [6, 6.07) is 0.136. The molecule has 1 fully saturated rings. The summed E-state index contributed by atoms with van der Waals surface area (Å²) in [6.45, 7) is 9.75. The fourth-order valence-electron chi connectivity index (χ4n) is 3.06. The van der Waals surface area contributed by atoms with Crippen LogP contribution in [-0.2, 0) is 4.74 Å². The molecule has 1 atom stereocenters. The summed E-state index contributed by atoms with van der Waals surface area (Å²) in [5.74, 6) is 0.890. The van der Waals surface area contributed by atoms with Crippen molar-refractivity contribution in [2.24, 2.45) is 11.8 Å². The fraction of sp³-hybridized carbons (Fsp3) is 0.824. The molecule has 0 aromatic carbocycles. The Labute approximate surface area is 129 Å². The predicted molar refractivity (Wildman–Crippen MR) is 85.1 cm³/mol. The van der Waals surface area contributed by atoms with Crippen LogP contribution in [0.25, 0.3) is 0 Å². The Morgan fingerprint density at radius 3 is 2.38 bits per heavy atom. The zero-order valence-corrected chi connectivity index (χ0v) is 14.0. The number of amides is 1. The molecule has 0 spiro atoms. The van der Waals surface area contributed by atoms with Crippen molar-refractivity contribution < 1.29 is 14.6 Å². The lowest BCUT2D eigenvalue weighted by Crippen LogP contribution is -2.45. The first kappa shape index (κ1) is 18.0. The number of hydrogen-bond acceptors (Lipinski definition) is 3. The van der Waals surface area contributed by atoms with Gasteiger partial charge in [0.15, 0.2) is 0 Å². The highest BCUT2D eigenvalue weighted by molar-refractivity contribution is 5.68. The second kappa shape index (κ2) is 7.83. The molecule has 1 aliphatic carbocycles. The van der Waals surface area contributed by atoms with E-state index in [0.717, 1.165) is 32.1 Å². The van der Waals surface area contributed by atoms with Gasteiger partial charge in [-0.3, -0.25) is 0 Å². The van der Waals surface area contributed by atoms with Gasteiger partial charge in [-0.25, -0.2) is 4.79 Å². The van der Waals surface area contributed by atoms with Crippen molar-refractivity contribution in [1.29, 1.82) is 0 Å². The standard InChI is InChI=1S/C17H31NO3/c1-6-7-15(14-10-8-13(12-19)9-11-14)18(5)16(20)21-17(2,3)4/h6,13-15,19H,1,7-12H2,2-5H3. The molecule has 4 heteroatoms. The van der Waals surface area contributed by atoms with Crippen LogP contribution < -0.4 is 0 Å². The summed E-state index contributed by atoms with van der Waals surface area (Å²) in [4.78, 5) is 14.0. The maximum atomic E-state index is 12.3. The Bertz CT molecular complexity index is 340. The van der Waals surface area contributed by atoms with Crippen molar-refractivity contribution in [2.45, 2.75) is 64.5 Å². The molecular weight excluding hydrogens is 266 g/mol. The first-order valence-electron chi connectivity index (χ1n) is 7.96. The molecule has 0 heterocycles. The maximum Gasteiger partial charge on any atom is 0.410 e. The highest BCUT2D eigenvalue weighted by atomic mass is 16.6. The second-order valence-corrected chi connectivity index (χ2v) is 7.15. The molecule has 21 heavy (non-hydrogen) atoms. The zero-order chi connectivity index (χ0) is 16.0. The monoisotopic (exact) mass is 297 g/mol. The van der Waals surface area contributed by atoms with Crippen LogP contribution in [0.2, 0.25) is 0 Å². The number of carbonyl (C=O) groups excluding carboxylic acids is 1. The lowest BCUT2D eigenvalue weighted by atomic mass is 9.77. The number of hydrogen-bond donors (Lipinski definition) is 1. The van der Waals surface area contributed by atoms with E-state index in [1.807, 2.05) is 33.9 Å². The normalized spacial score (nSPS) is 24.2. The molecular formula is C17H31NO3. The SMILES string of the molecule is C=CCC(C1CCC(CO)CC1)N(C)C(=O)OC(C)(C)C. The van der Waals surface area contributed by atoms with Gasteiger partial charge in [0.2, 0.25) is 0 Å². The number of nitrogens with zero attached hydrogens (tertiary/aromatic N) is 1. The Hall–Kier alpha value is -1.03. The van der Waals surface area contributed by atoms with Gasteiger partial charge in [-0.15, -0.1) is 6.58 Å². The van der Waals surface area contributed by atoms with Crippen LogP contribution >= 0.6 is 0 Å². The Kier molecular flexibility index (Phi) is 6.72. The molecule has 1 unspecified atom stereocenters. The number of carbonyl (C=O) groups is 1. The molecule has 0 aromatic rings. The van der Waals surface area contributed by atoms with Crippen molar-refractivity contribution in [2.75, 3.05) is 13.7 Å². The van der Waals surface area contributed by atoms with Gasteiger partial charge in [0.25, 0.3) is 0 Å². The van der Waals surface area contributed by atoms with Crippen molar-refractivity contribution in [3.8, 4) is 0 Å². The van der Waals surface area contributed by atoms with E-state index in [0.29, 0.717) is 11.8 Å². The summed E-state index contributed by atoms with van der Waals surface area (Å²) in [5, 5.41) is 9.24. The van der Waals surface area contributed by atoms with Crippen LogP contribution in [0.3, 0.4) is 0 Å². The van der Waals surface area contributed by atoms with E-state index in [2.05, 4.69) is 6.58 Å². The van der Waals surface area contributed by atoms with E-state index in [4.69, 9.17) is 4.74 Å². The van der Waals surface area contributed by atoms with Crippen LogP contribution in [0.1, 0.15) is 52.9 Å². The lowest BCUT2D eigenvalue weighted by molar-refractivity contribution is 0.0123. The first-order chi connectivity index (χ1) is 9.78. The van der Waals surface area contributed by atoms with Gasteiger partial charge in [0, 0.05) is 19.7 Å². The smallest absolute Gasteiger partial charge is 0.410 e. The lowest BCUT2D eigenvalue weighted by Gasteiger charge is -2.38. The quantitative estimate of drug-likeness (QED) is 0.789. The Morgan fingerprint density at radius 2 is 1.95 bits per heavy atom. The van der Waals surface area contributed by atoms with Crippen molar-refractivity contribution >= 4 is 6.09 Å². The maximum absolute atomic E-state index is 12.3. The summed E-state index contributed by atoms with van der Waals surface area (Å²) < 4.78 is 5.47. The van der Waals surface area contributed by atoms with Crippen LogP contribution in [-0.4, -0.2) is 41.4 Å². The van der Waals surface area contributed by atoms with E-state index in [9.17, 15) is 9.90 Å². The average Bonchev–Trinajstić information content (AvgIpc) is 2.42. The molecule has 1 aliphatic rings. The topological polar surface area (TPSA) is 49.8 Å². The van der Waals surface area contributed by atoms with Crippen LogP contribution in [0, 0.1) is 11.8 Å². The highest BCUT2D eigenvalue weighted by Gasteiger charge is 2.32. The molecule has 0 bridgehead atoms. The third-order valence-electron chi connectivity index (χ3n) is 4.28. The molecule has 0 aromatic heterocycles. The number of aliphatic hydroxyl groups is 1. The fourth-order valence-corrected chi connectivity index (χ4v) is 3.06. The van der Waals surface area contributed by atoms with Gasteiger partial charge in [-0.1, -0.05) is 6.08 Å². The second-order valence-electron chi connectivity index (χ2n) is 7.15. The molecule has 1 saturated carbocycles. The van der Waals surface area contributed by atoms with Gasteiger partial charge in [0.05, 0.1) is 0 Å². The largest absolute Gasteiger partial charge is 0.444 e. The van der Waals surface area contributed by atoms with Crippen LogP contribution in [0.5, 0.6) is 0 Å². The summed E-state index contributed by atoms with van der Waals surface area (Å²) in [6.07, 6.45) is 6.58. The summed E-state index contributed by atoms with van der Waals surface area (Å²) >= 11 is 0. The van der Waals surface area contributed by atoms with Gasteiger partial charge in [-0.05, 0) is 64.7 Å². The van der Waals surface area contributed by atoms with Crippen LogP contribution in [0.4, 0.5) is 4.79 Å². The zero-order valence-electron chi connectivity index (χ0n) is 14.0. The molecule has 122 valence electrons. The van der Waals surface area contributed by atoms with Crippen molar-refractivity contribution in [3.63, 3.8) is 0 Å². The molecule has 0 radical (unpaired) electrons. The van der Waals surface area contributed by atoms with E-state index in [1.54, 1.807) is 4.90 Å². The van der Waals surface area contributed by atoms with Crippen LogP contribution in [0.15, 0.2) is 12.7 Å². The van der Waals surface area contributed by atoms with Gasteiger partial charge in [-0.2, -0.15) is 0 Å². The van der Waals surface area contributed by atoms with E-state index < -0.39 is 5.60 Å². The summed E-state index contributed by atoms with van der Waals surface area (Å²) in [5.41, 5.74) is -0.474. The molecule has 0 saturated heterocycles. The average molecular weight is 297 g/mol. The highest BCUT2D eigenvalue weighted by Crippen LogP contribution is 2.33. The van der Waals surface area contributed by atoms with E-state index in [1.165, 1.54) is 0 Å². The number of ether oxygens (including phenoxy) is 1. The minimum atomic E-state index is -0.474.